The van der Waals surface area contributed by atoms with Crippen molar-refractivity contribution in [3.63, 3.8) is 0 Å². The highest BCUT2D eigenvalue weighted by Crippen LogP contribution is 2.38. The van der Waals surface area contributed by atoms with Crippen LogP contribution in [0.1, 0.15) is 41.6 Å². The van der Waals surface area contributed by atoms with E-state index in [1.54, 1.807) is 30.6 Å². The fourth-order valence-corrected chi connectivity index (χ4v) is 7.16. The van der Waals surface area contributed by atoms with Gasteiger partial charge < -0.3 is 14.7 Å². The first-order chi connectivity index (χ1) is 20.4. The van der Waals surface area contributed by atoms with Gasteiger partial charge in [0.2, 0.25) is 0 Å². The van der Waals surface area contributed by atoms with Crippen LogP contribution >= 0.6 is 0 Å². The molecule has 2 aromatic heterocycles. The van der Waals surface area contributed by atoms with E-state index in [9.17, 15) is 4.21 Å². The number of benzene rings is 3. The average molecular weight is 590 g/mol. The molecular formula is C33H30F3N3O2S. The van der Waals surface area contributed by atoms with Gasteiger partial charge in [0.05, 0.1) is 5.56 Å². The van der Waals surface area contributed by atoms with Crippen LogP contribution < -0.4 is 4.74 Å². The lowest BCUT2D eigenvalue weighted by Gasteiger charge is -2.17. The van der Waals surface area contributed by atoms with Crippen LogP contribution in [0.15, 0.2) is 73.6 Å². The van der Waals surface area contributed by atoms with Gasteiger partial charge in [-0.15, -0.1) is 6.58 Å². The van der Waals surface area contributed by atoms with Crippen molar-refractivity contribution in [3.05, 3.63) is 113 Å². The number of nitrogens with one attached hydrogen (secondary N) is 2. The molecule has 0 bridgehead atoms. The number of allylic oxidation sites excluding steroid dienone is 1. The van der Waals surface area contributed by atoms with E-state index in [-0.39, 0.29) is 40.4 Å². The summed E-state index contributed by atoms with van der Waals surface area (Å²) in [5.41, 5.74) is 3.15. The number of halogens is 3. The van der Waals surface area contributed by atoms with E-state index in [1.165, 1.54) is 24.3 Å². The normalized spacial score (nSPS) is 16.7. The van der Waals surface area contributed by atoms with Crippen molar-refractivity contribution in [1.82, 2.24) is 15.0 Å². The minimum Gasteiger partial charge on any atom is -0.454 e. The first-order valence-electron chi connectivity index (χ1n) is 14.0. The second-order valence-electron chi connectivity index (χ2n) is 10.6. The third-order valence-electron chi connectivity index (χ3n) is 7.74. The van der Waals surface area contributed by atoms with E-state index < -0.39 is 22.4 Å². The van der Waals surface area contributed by atoms with Crippen molar-refractivity contribution in [2.45, 2.75) is 43.8 Å². The molecule has 5 nitrogen and oxygen atoms in total. The van der Waals surface area contributed by atoms with E-state index in [2.05, 4.69) is 21.5 Å². The summed E-state index contributed by atoms with van der Waals surface area (Å²) in [5.74, 6) is -0.207. The number of H-pyrrole nitrogens is 2. The smallest absolute Gasteiger partial charge is 0.168 e. The molecule has 0 radical (unpaired) electrons. The topological polar surface area (TPSA) is 70.8 Å². The number of imidazole rings is 1. The van der Waals surface area contributed by atoms with Crippen molar-refractivity contribution in [2.24, 2.45) is 0 Å². The van der Waals surface area contributed by atoms with Crippen molar-refractivity contribution in [2.75, 3.05) is 5.75 Å². The van der Waals surface area contributed by atoms with Gasteiger partial charge in [0, 0.05) is 68.8 Å². The number of fused-ring (bicyclic) bond motifs is 1. The van der Waals surface area contributed by atoms with Crippen LogP contribution in [0.4, 0.5) is 13.2 Å². The van der Waals surface area contributed by atoms with E-state index in [4.69, 9.17) is 4.74 Å². The summed E-state index contributed by atoms with van der Waals surface area (Å²) in [6, 6.07) is 12.7. The zero-order valence-electron chi connectivity index (χ0n) is 22.9. The number of rotatable bonds is 10. The summed E-state index contributed by atoms with van der Waals surface area (Å²) in [4.78, 5) is 10.5. The minimum atomic E-state index is -0.980. The molecule has 0 amide bonds. The quantitative estimate of drug-likeness (QED) is 0.163. The first-order valence-corrected chi connectivity index (χ1v) is 15.3. The largest absolute Gasteiger partial charge is 0.454 e. The van der Waals surface area contributed by atoms with Gasteiger partial charge in [-0.2, -0.15) is 0 Å². The zero-order chi connectivity index (χ0) is 29.2. The molecule has 2 atom stereocenters. The lowest BCUT2D eigenvalue weighted by molar-refractivity contribution is 0.436. The van der Waals surface area contributed by atoms with Gasteiger partial charge in [0.25, 0.3) is 0 Å². The number of ether oxygens (including phenoxy) is 1. The molecule has 0 aliphatic carbocycles. The molecule has 0 saturated carbocycles. The standard InChI is InChI=1S/C33H30F3N3O2S/c1-2-3-6-20-7-4-8-21(31(20)36)15-22-19-38-33(39-22)27-16-23(10-11-28(27)34)41-32-26(17-24-9-5-14-42(24)40)25-12-13-37-30(25)18-29(32)35/h2,4,7-8,10-13,16,18-19,24,37H,1,3,5-6,9,14-15,17H2,(H,38,39). The monoisotopic (exact) mass is 589 g/mol. The molecule has 1 aliphatic rings. The highest BCUT2D eigenvalue weighted by Gasteiger charge is 2.27. The van der Waals surface area contributed by atoms with Gasteiger partial charge in [0.1, 0.15) is 23.2 Å². The average Bonchev–Trinajstić information content (AvgIpc) is 3.74. The third-order valence-corrected chi connectivity index (χ3v) is 9.58. The number of nitrogens with zero attached hydrogens (tertiary/aromatic N) is 1. The molecule has 1 saturated heterocycles. The van der Waals surface area contributed by atoms with Gasteiger partial charge >= 0.3 is 0 Å². The fourth-order valence-electron chi connectivity index (χ4n) is 5.59. The maximum absolute atomic E-state index is 15.4. The summed E-state index contributed by atoms with van der Waals surface area (Å²) >= 11 is 0. The summed E-state index contributed by atoms with van der Waals surface area (Å²) in [6.07, 6.45) is 8.63. The molecule has 3 heterocycles. The minimum absolute atomic E-state index is 0.0375. The molecule has 1 fully saturated rings. The molecule has 1 aliphatic heterocycles. The molecule has 6 rings (SSSR count). The van der Waals surface area contributed by atoms with Crippen molar-refractivity contribution in [1.29, 1.82) is 0 Å². The third kappa shape index (κ3) is 5.66. The van der Waals surface area contributed by atoms with Crippen LogP contribution in [0.25, 0.3) is 22.3 Å². The lowest BCUT2D eigenvalue weighted by atomic mass is 10.0. The maximum atomic E-state index is 15.4. The number of hydrogen-bond donors (Lipinski definition) is 2. The van der Waals surface area contributed by atoms with Crippen LogP contribution in [-0.4, -0.2) is 30.2 Å². The lowest BCUT2D eigenvalue weighted by Crippen LogP contribution is -2.13. The second kappa shape index (κ2) is 12.0. The van der Waals surface area contributed by atoms with Gasteiger partial charge in [0.15, 0.2) is 11.6 Å². The SMILES string of the molecule is C=CCCc1cccc(Cc2cnc(-c3cc(Oc4c(F)cc5[nH]ccc5c4CC4CCCS4=O)ccc3F)[nH]2)c1F. The highest BCUT2D eigenvalue weighted by molar-refractivity contribution is 7.85. The molecule has 3 aromatic carbocycles. The Kier molecular flexibility index (Phi) is 8.02. The van der Waals surface area contributed by atoms with Gasteiger partial charge in [-0.3, -0.25) is 4.21 Å². The first kappa shape index (κ1) is 28.0. The number of aryl methyl sites for hydroxylation is 1. The van der Waals surface area contributed by atoms with E-state index in [0.717, 1.165) is 18.2 Å². The Hall–Kier alpha value is -4.11. The van der Waals surface area contributed by atoms with Crippen molar-refractivity contribution in [3.8, 4) is 22.9 Å². The van der Waals surface area contributed by atoms with Gasteiger partial charge in [-0.05, 0) is 67.5 Å². The predicted molar refractivity (Wildman–Crippen MR) is 160 cm³/mol. The molecule has 5 aromatic rings. The van der Waals surface area contributed by atoms with Crippen molar-refractivity contribution < 1.29 is 22.1 Å². The Morgan fingerprint density at radius 2 is 1.95 bits per heavy atom. The molecule has 42 heavy (non-hydrogen) atoms. The number of aromatic nitrogens is 3. The highest BCUT2D eigenvalue weighted by atomic mass is 32.2. The summed E-state index contributed by atoms with van der Waals surface area (Å²) in [7, 11) is -0.980. The predicted octanol–water partition coefficient (Wildman–Crippen LogP) is 7.93. The maximum Gasteiger partial charge on any atom is 0.168 e. The number of hydrogen-bond acceptors (Lipinski definition) is 3. The Bertz CT molecular complexity index is 1790. The van der Waals surface area contributed by atoms with Crippen molar-refractivity contribution >= 4 is 21.7 Å². The molecule has 9 heteroatoms. The van der Waals surface area contributed by atoms with Crippen LogP contribution in [0.3, 0.4) is 0 Å². The second-order valence-corrected chi connectivity index (χ2v) is 12.4. The summed E-state index contributed by atoms with van der Waals surface area (Å²) < 4.78 is 64.1. The van der Waals surface area contributed by atoms with Crippen LogP contribution in [-0.2, 0) is 30.1 Å². The van der Waals surface area contributed by atoms with E-state index in [0.29, 0.717) is 52.9 Å². The van der Waals surface area contributed by atoms with Gasteiger partial charge in [-0.1, -0.05) is 24.3 Å². The summed E-state index contributed by atoms with van der Waals surface area (Å²) in [6.45, 7) is 3.70. The fraction of sp³-hybridized carbons (Fsp3) is 0.242. The number of aromatic amines is 2. The van der Waals surface area contributed by atoms with Crippen LogP contribution in [0.5, 0.6) is 11.5 Å². The van der Waals surface area contributed by atoms with Gasteiger partial charge in [-0.25, -0.2) is 18.2 Å². The molecule has 2 N–H and O–H groups in total. The summed E-state index contributed by atoms with van der Waals surface area (Å²) in [5, 5.41) is 0.721. The Morgan fingerprint density at radius 1 is 1.10 bits per heavy atom. The van der Waals surface area contributed by atoms with E-state index in [1.807, 2.05) is 12.1 Å². The Labute approximate surface area is 244 Å². The van der Waals surface area contributed by atoms with Crippen LogP contribution in [0.2, 0.25) is 0 Å². The molecule has 0 spiro atoms. The zero-order valence-corrected chi connectivity index (χ0v) is 23.7. The molecule has 216 valence electrons. The Balaban J connectivity index is 1.28. The van der Waals surface area contributed by atoms with E-state index >= 15 is 13.2 Å². The Morgan fingerprint density at radius 3 is 2.76 bits per heavy atom. The van der Waals surface area contributed by atoms with Crippen LogP contribution in [0, 0.1) is 17.5 Å². The molecular weight excluding hydrogens is 559 g/mol. The molecule has 2 unspecified atom stereocenters.